The molecule has 94 valence electrons. The summed E-state index contributed by atoms with van der Waals surface area (Å²) in [5.74, 6) is 1.07. The summed E-state index contributed by atoms with van der Waals surface area (Å²) in [6, 6.07) is 0. The van der Waals surface area contributed by atoms with Crippen molar-refractivity contribution in [2.75, 3.05) is 0 Å². The van der Waals surface area contributed by atoms with Crippen LogP contribution in [-0.2, 0) is 9.53 Å². The van der Waals surface area contributed by atoms with Crippen LogP contribution in [0.1, 0.15) is 45.4 Å². The summed E-state index contributed by atoms with van der Waals surface area (Å²) in [6.45, 7) is 2.28. The molecule has 18 heavy (non-hydrogen) atoms. The van der Waals surface area contributed by atoms with Crippen molar-refractivity contribution in [2.45, 2.75) is 51.0 Å². The first kappa shape index (κ1) is 10.6. The largest absolute Gasteiger partial charge is 0.474 e. The molecule has 0 radical (unpaired) electrons. The fourth-order valence-corrected chi connectivity index (χ4v) is 4.19. The molecule has 2 heteroatoms. The van der Waals surface area contributed by atoms with Gasteiger partial charge < -0.3 is 4.74 Å². The van der Waals surface area contributed by atoms with Gasteiger partial charge in [-0.1, -0.05) is 19.1 Å². The Bertz CT molecular complexity index is 537. The van der Waals surface area contributed by atoms with Gasteiger partial charge in [-0.25, -0.2) is 0 Å². The Morgan fingerprint density at radius 1 is 1.17 bits per heavy atom. The lowest BCUT2D eigenvalue weighted by molar-refractivity contribution is -0.137. The fraction of sp³-hybridized carbons (Fsp3) is 0.562. The van der Waals surface area contributed by atoms with Gasteiger partial charge in [0.25, 0.3) is 0 Å². The summed E-state index contributed by atoms with van der Waals surface area (Å²) in [5, 5.41) is 0. The molecule has 3 aliphatic carbocycles. The first-order chi connectivity index (χ1) is 8.66. The molecule has 0 bridgehead atoms. The quantitative estimate of drug-likeness (QED) is 0.608. The van der Waals surface area contributed by atoms with Gasteiger partial charge in [0.2, 0.25) is 5.78 Å². The highest BCUT2D eigenvalue weighted by atomic mass is 16.5. The molecule has 4 rings (SSSR count). The van der Waals surface area contributed by atoms with Crippen molar-refractivity contribution in [2.24, 2.45) is 5.41 Å². The zero-order valence-corrected chi connectivity index (χ0v) is 10.8. The van der Waals surface area contributed by atoms with Gasteiger partial charge in [0, 0.05) is 6.42 Å². The van der Waals surface area contributed by atoms with E-state index in [0.29, 0.717) is 0 Å². The van der Waals surface area contributed by atoms with Crippen LogP contribution in [0.15, 0.2) is 35.1 Å². The normalized spacial score (nSPS) is 41.2. The minimum absolute atomic E-state index is 0.221. The number of carbonyl (C=O) groups is 1. The molecule has 1 unspecified atom stereocenters. The predicted molar refractivity (Wildman–Crippen MR) is 68.9 cm³/mol. The minimum atomic E-state index is -0.600. The third-order valence-electron chi connectivity index (χ3n) is 5.01. The van der Waals surface area contributed by atoms with Crippen molar-refractivity contribution in [1.82, 2.24) is 0 Å². The Balaban J connectivity index is 1.79. The number of ketones is 1. The molecule has 1 saturated heterocycles. The van der Waals surface area contributed by atoms with Gasteiger partial charge in [0.15, 0.2) is 5.60 Å². The monoisotopic (exact) mass is 242 g/mol. The summed E-state index contributed by atoms with van der Waals surface area (Å²) < 4.78 is 6.11. The SMILES string of the molecule is C[C@@]12CCCC=C1C1(C2)OC2=CCCC=C2C1=O. The minimum Gasteiger partial charge on any atom is -0.474 e. The average molecular weight is 242 g/mol. The lowest BCUT2D eigenvalue weighted by Crippen LogP contribution is -2.58. The Hall–Kier alpha value is -1.31. The molecule has 1 aliphatic heterocycles. The zero-order chi connectivity index (χ0) is 12.4. The van der Waals surface area contributed by atoms with E-state index in [9.17, 15) is 4.79 Å². The number of allylic oxidation sites excluding steroid dienone is 4. The molecule has 1 heterocycles. The molecule has 2 fully saturated rings. The molecule has 2 nitrogen and oxygen atoms in total. The highest BCUT2D eigenvalue weighted by Gasteiger charge is 2.66. The van der Waals surface area contributed by atoms with Gasteiger partial charge in [0.05, 0.1) is 5.57 Å². The summed E-state index contributed by atoms with van der Waals surface area (Å²) in [4.78, 5) is 12.7. The average Bonchev–Trinajstić information content (AvgIpc) is 2.64. The lowest BCUT2D eigenvalue weighted by Gasteiger charge is -2.55. The van der Waals surface area contributed by atoms with E-state index in [4.69, 9.17) is 4.74 Å². The van der Waals surface area contributed by atoms with Gasteiger partial charge >= 0.3 is 0 Å². The van der Waals surface area contributed by atoms with E-state index in [1.54, 1.807) is 0 Å². The van der Waals surface area contributed by atoms with E-state index in [1.807, 2.05) is 0 Å². The van der Waals surface area contributed by atoms with E-state index in [-0.39, 0.29) is 11.2 Å². The van der Waals surface area contributed by atoms with E-state index in [2.05, 4.69) is 25.2 Å². The second-order valence-electron chi connectivity index (χ2n) is 6.27. The summed E-state index contributed by atoms with van der Waals surface area (Å²) in [6.07, 6.45) is 12.8. The molecule has 0 N–H and O–H groups in total. The third-order valence-corrected chi connectivity index (χ3v) is 5.01. The number of fused-ring (bicyclic) bond motifs is 3. The van der Waals surface area contributed by atoms with Gasteiger partial charge in [-0.3, -0.25) is 4.79 Å². The van der Waals surface area contributed by atoms with Gasteiger partial charge in [-0.2, -0.15) is 0 Å². The van der Waals surface area contributed by atoms with Gasteiger partial charge in [-0.05, 0) is 49.2 Å². The van der Waals surface area contributed by atoms with Crippen LogP contribution in [0.25, 0.3) is 0 Å². The molecular formula is C16H18O2. The molecule has 1 saturated carbocycles. The number of ether oxygens (including phenoxy) is 1. The van der Waals surface area contributed by atoms with E-state index in [1.165, 1.54) is 18.4 Å². The van der Waals surface area contributed by atoms with Crippen molar-refractivity contribution in [3.63, 3.8) is 0 Å². The summed E-state index contributed by atoms with van der Waals surface area (Å²) in [5.41, 5.74) is 1.73. The molecule has 0 aromatic carbocycles. The van der Waals surface area contributed by atoms with Crippen LogP contribution in [-0.4, -0.2) is 11.4 Å². The molecule has 0 aromatic rings. The van der Waals surface area contributed by atoms with E-state index in [0.717, 1.165) is 37.0 Å². The molecule has 1 spiro atoms. The summed E-state index contributed by atoms with van der Waals surface area (Å²) >= 11 is 0. The van der Waals surface area contributed by atoms with Crippen LogP contribution in [0.3, 0.4) is 0 Å². The second kappa shape index (κ2) is 3.17. The van der Waals surface area contributed by atoms with Crippen molar-refractivity contribution in [3.05, 3.63) is 35.1 Å². The first-order valence-corrected chi connectivity index (χ1v) is 7.01. The van der Waals surface area contributed by atoms with Crippen LogP contribution < -0.4 is 0 Å². The van der Waals surface area contributed by atoms with Crippen LogP contribution in [0, 0.1) is 5.41 Å². The van der Waals surface area contributed by atoms with Crippen LogP contribution >= 0.6 is 0 Å². The smallest absolute Gasteiger partial charge is 0.214 e. The highest BCUT2D eigenvalue weighted by Crippen LogP contribution is 2.64. The predicted octanol–water partition coefficient (Wildman–Crippen LogP) is 3.45. The molecule has 4 aliphatic rings. The van der Waals surface area contributed by atoms with Crippen LogP contribution in [0.5, 0.6) is 0 Å². The van der Waals surface area contributed by atoms with Crippen molar-refractivity contribution in [3.8, 4) is 0 Å². The topological polar surface area (TPSA) is 26.3 Å². The fourth-order valence-electron chi connectivity index (χ4n) is 4.19. The number of rotatable bonds is 0. The Morgan fingerprint density at radius 2 is 2.00 bits per heavy atom. The van der Waals surface area contributed by atoms with Crippen molar-refractivity contribution < 1.29 is 9.53 Å². The zero-order valence-electron chi connectivity index (χ0n) is 10.8. The van der Waals surface area contributed by atoms with Crippen LogP contribution in [0.2, 0.25) is 0 Å². The Labute approximate surface area is 107 Å². The van der Waals surface area contributed by atoms with Crippen molar-refractivity contribution in [1.29, 1.82) is 0 Å². The maximum Gasteiger partial charge on any atom is 0.214 e. The maximum absolute atomic E-state index is 12.7. The van der Waals surface area contributed by atoms with E-state index < -0.39 is 5.60 Å². The highest BCUT2D eigenvalue weighted by molar-refractivity contribution is 6.11. The number of carbonyl (C=O) groups excluding carboxylic acids is 1. The molecular weight excluding hydrogens is 224 g/mol. The van der Waals surface area contributed by atoms with E-state index >= 15 is 0 Å². The maximum atomic E-state index is 12.7. The number of hydrogen-bond donors (Lipinski definition) is 0. The number of Topliss-reactive ketones (excluding diaryl/α,β-unsaturated/α-hetero) is 1. The van der Waals surface area contributed by atoms with Crippen molar-refractivity contribution >= 4 is 5.78 Å². The Kier molecular flexibility index (Phi) is 1.87. The lowest BCUT2D eigenvalue weighted by atomic mass is 9.51. The third kappa shape index (κ3) is 1.07. The van der Waals surface area contributed by atoms with Gasteiger partial charge in [-0.15, -0.1) is 0 Å². The Morgan fingerprint density at radius 3 is 2.78 bits per heavy atom. The van der Waals surface area contributed by atoms with Gasteiger partial charge in [0.1, 0.15) is 5.76 Å². The number of hydrogen-bond acceptors (Lipinski definition) is 2. The molecule has 0 amide bonds. The first-order valence-electron chi connectivity index (χ1n) is 7.01. The molecule has 0 aromatic heterocycles. The second-order valence-corrected chi connectivity index (χ2v) is 6.27. The standard InChI is InChI=1S/C16H18O2/c1-15-9-5-4-8-13(15)16(10-15)14(17)11-6-2-3-7-12(11)18-16/h6-8H,2-5,9-10H2,1H3/t15-,16?/m0/s1. The molecule has 2 atom stereocenters. The van der Waals surface area contributed by atoms with Crippen LogP contribution in [0.4, 0.5) is 0 Å². The summed E-state index contributed by atoms with van der Waals surface area (Å²) in [7, 11) is 0.